The van der Waals surface area contributed by atoms with Gasteiger partial charge in [0.05, 0.1) is 0 Å². The lowest BCUT2D eigenvalue weighted by Crippen LogP contribution is -2.27. The first-order valence-corrected chi connectivity index (χ1v) is 4.35. The first-order chi connectivity index (χ1) is 4.37. The fraction of sp³-hybridized carbons (Fsp3) is 0.500. The lowest BCUT2D eigenvalue weighted by atomic mass is 10.5. The number of hydrogen-bond acceptors (Lipinski definition) is 4. The van der Waals surface area contributed by atoms with Gasteiger partial charge in [-0.25, -0.2) is 8.42 Å². The maximum atomic E-state index is 10.5. The van der Waals surface area contributed by atoms with Gasteiger partial charge in [-0.15, -0.1) is 0 Å². The Labute approximate surface area is 63.5 Å². The van der Waals surface area contributed by atoms with Crippen molar-refractivity contribution in [3.63, 3.8) is 0 Å². The van der Waals surface area contributed by atoms with Crippen LogP contribution in [0, 0.1) is 22.7 Å². The fourth-order valence-corrected chi connectivity index (χ4v) is 0.522. The lowest BCUT2D eigenvalue weighted by Gasteiger charge is -2.04. The van der Waals surface area contributed by atoms with Gasteiger partial charge in [-0.05, 0) is 0 Å². The van der Waals surface area contributed by atoms with Crippen LogP contribution in [0.3, 0.4) is 0 Å². The van der Waals surface area contributed by atoms with Crippen molar-refractivity contribution in [2.45, 2.75) is 4.21 Å². The molecule has 0 fully saturated rings. The van der Waals surface area contributed by atoms with Gasteiger partial charge < -0.3 is 0 Å². The Balaban J connectivity index is 5.19. The molecule has 0 saturated heterocycles. The van der Waals surface area contributed by atoms with Gasteiger partial charge in [0.1, 0.15) is 12.1 Å². The summed E-state index contributed by atoms with van der Waals surface area (Å²) < 4.78 is 18.7. The molecule has 0 aromatic heterocycles. The standard InChI is InChI=1S/C4H3ClN2O2S/c1-10(8,9)4(5,2-6)3-7/h1H3. The number of nitrogens with zero attached hydrogens (tertiary/aromatic N) is 2. The average Bonchev–Trinajstić information content (AvgIpc) is 1.84. The van der Waals surface area contributed by atoms with Gasteiger partial charge in [-0.1, -0.05) is 11.6 Å². The molecule has 0 atom stereocenters. The molecule has 0 aliphatic carbocycles. The van der Waals surface area contributed by atoms with E-state index in [1.54, 1.807) is 0 Å². The summed E-state index contributed by atoms with van der Waals surface area (Å²) in [6.45, 7) is 0. The van der Waals surface area contributed by atoms with E-state index < -0.39 is 14.0 Å². The first-order valence-electron chi connectivity index (χ1n) is 2.08. The zero-order valence-electron chi connectivity index (χ0n) is 5.00. The second kappa shape index (κ2) is 2.45. The second-order valence-corrected chi connectivity index (χ2v) is 4.54. The molecule has 54 valence electrons. The number of hydrogen-bond donors (Lipinski definition) is 0. The Bertz CT molecular complexity index is 293. The zero-order chi connectivity index (χ0) is 8.41. The Hall–Kier alpha value is -0.780. The molecular weight excluding hydrogens is 176 g/mol. The van der Waals surface area contributed by atoms with Crippen molar-refractivity contribution >= 4 is 21.4 Å². The molecule has 0 saturated carbocycles. The minimum atomic E-state index is -3.82. The monoisotopic (exact) mass is 178 g/mol. The Morgan fingerprint density at radius 1 is 1.40 bits per heavy atom. The Morgan fingerprint density at radius 2 is 1.70 bits per heavy atom. The van der Waals surface area contributed by atoms with Crippen LogP contribution in [0.1, 0.15) is 0 Å². The maximum Gasteiger partial charge on any atom is 0.314 e. The average molecular weight is 179 g/mol. The lowest BCUT2D eigenvalue weighted by molar-refractivity contribution is 0.598. The number of rotatable bonds is 1. The van der Waals surface area contributed by atoms with E-state index in [2.05, 4.69) is 0 Å². The third-order valence-electron chi connectivity index (χ3n) is 0.799. The molecule has 0 amide bonds. The summed E-state index contributed by atoms with van der Waals surface area (Å²) in [5.41, 5.74) is 0. The Morgan fingerprint density at radius 3 is 1.70 bits per heavy atom. The molecule has 6 heteroatoms. The van der Waals surface area contributed by atoms with Gasteiger partial charge in [-0.2, -0.15) is 10.5 Å². The molecule has 4 nitrogen and oxygen atoms in total. The molecule has 0 aromatic rings. The van der Waals surface area contributed by atoms with Crippen LogP contribution in [0.25, 0.3) is 0 Å². The van der Waals surface area contributed by atoms with Crippen molar-refractivity contribution in [2.24, 2.45) is 0 Å². The molecule has 0 spiro atoms. The highest BCUT2D eigenvalue weighted by Gasteiger charge is 2.39. The summed E-state index contributed by atoms with van der Waals surface area (Å²) in [6, 6.07) is 2.37. The zero-order valence-corrected chi connectivity index (χ0v) is 6.57. The van der Waals surface area contributed by atoms with E-state index in [1.165, 1.54) is 12.1 Å². The van der Waals surface area contributed by atoms with E-state index >= 15 is 0 Å². The van der Waals surface area contributed by atoms with E-state index in [1.807, 2.05) is 0 Å². The first kappa shape index (κ1) is 9.22. The smallest absolute Gasteiger partial charge is 0.225 e. The largest absolute Gasteiger partial charge is 0.314 e. The molecule has 0 bridgehead atoms. The van der Waals surface area contributed by atoms with Crippen molar-refractivity contribution in [3.05, 3.63) is 0 Å². The van der Waals surface area contributed by atoms with Crippen LogP contribution in [0.2, 0.25) is 0 Å². The molecule has 0 N–H and O–H groups in total. The number of alkyl halides is 1. The minimum Gasteiger partial charge on any atom is -0.225 e. The predicted octanol–water partition coefficient (Wildman–Crippen LogP) is 0.0133. The van der Waals surface area contributed by atoms with Gasteiger partial charge in [-0.3, -0.25) is 0 Å². The van der Waals surface area contributed by atoms with E-state index in [4.69, 9.17) is 22.1 Å². The van der Waals surface area contributed by atoms with Crippen molar-refractivity contribution in [3.8, 4) is 12.1 Å². The predicted molar refractivity (Wildman–Crippen MR) is 34.7 cm³/mol. The second-order valence-electron chi connectivity index (χ2n) is 1.59. The molecule has 0 aliphatic heterocycles. The highest BCUT2D eigenvalue weighted by molar-refractivity contribution is 7.94. The minimum absolute atomic E-state index is 0.729. The van der Waals surface area contributed by atoms with Crippen LogP contribution in [0.15, 0.2) is 0 Å². The van der Waals surface area contributed by atoms with Gasteiger partial charge in [0, 0.05) is 6.26 Å². The number of sulfone groups is 1. The van der Waals surface area contributed by atoms with Gasteiger partial charge in [0.2, 0.25) is 0 Å². The SMILES string of the molecule is CS(=O)(=O)C(Cl)(C#N)C#N. The normalized spacial score (nSPS) is 11.6. The number of nitriles is 2. The van der Waals surface area contributed by atoms with Crippen LogP contribution in [0.4, 0.5) is 0 Å². The number of halogens is 1. The molecule has 0 unspecified atom stereocenters. The maximum absolute atomic E-state index is 10.5. The molecule has 0 rings (SSSR count). The van der Waals surface area contributed by atoms with Crippen molar-refractivity contribution in [1.29, 1.82) is 10.5 Å². The Kier molecular flexibility index (Phi) is 2.26. The van der Waals surface area contributed by atoms with Crippen LogP contribution < -0.4 is 0 Å². The van der Waals surface area contributed by atoms with Crippen LogP contribution >= 0.6 is 11.6 Å². The van der Waals surface area contributed by atoms with Gasteiger partial charge in [0.25, 0.3) is 0 Å². The van der Waals surface area contributed by atoms with Crippen molar-refractivity contribution < 1.29 is 8.42 Å². The summed E-state index contributed by atoms with van der Waals surface area (Å²) in [7, 11) is -3.82. The summed E-state index contributed by atoms with van der Waals surface area (Å²) in [5, 5.41) is 16.3. The molecule has 0 radical (unpaired) electrons. The third kappa shape index (κ3) is 1.38. The highest BCUT2D eigenvalue weighted by atomic mass is 35.5. The van der Waals surface area contributed by atoms with Crippen LogP contribution in [0.5, 0.6) is 0 Å². The summed E-state index contributed by atoms with van der Waals surface area (Å²) in [4.78, 5) is 0. The van der Waals surface area contributed by atoms with Crippen molar-refractivity contribution in [1.82, 2.24) is 0 Å². The molecular formula is C4H3ClN2O2S. The summed E-state index contributed by atoms with van der Waals surface area (Å²) in [5.74, 6) is 0. The molecule has 0 heterocycles. The quantitative estimate of drug-likeness (QED) is 0.530. The molecule has 10 heavy (non-hydrogen) atoms. The van der Waals surface area contributed by atoms with Gasteiger partial charge in [0.15, 0.2) is 9.84 Å². The van der Waals surface area contributed by atoms with E-state index in [-0.39, 0.29) is 0 Å². The van der Waals surface area contributed by atoms with E-state index in [0.29, 0.717) is 0 Å². The summed E-state index contributed by atoms with van der Waals surface area (Å²) in [6.07, 6.45) is 0.729. The van der Waals surface area contributed by atoms with Crippen LogP contribution in [-0.2, 0) is 9.84 Å². The fourth-order valence-electron chi connectivity index (χ4n) is 0.191. The third-order valence-corrected chi connectivity index (χ3v) is 3.01. The molecule has 0 aromatic carbocycles. The topological polar surface area (TPSA) is 81.7 Å². The van der Waals surface area contributed by atoms with E-state index in [9.17, 15) is 8.42 Å². The van der Waals surface area contributed by atoms with Crippen molar-refractivity contribution in [2.75, 3.05) is 6.26 Å². The van der Waals surface area contributed by atoms with E-state index in [0.717, 1.165) is 6.26 Å². The van der Waals surface area contributed by atoms with Crippen LogP contribution in [-0.4, -0.2) is 18.9 Å². The summed E-state index contributed by atoms with van der Waals surface area (Å²) >= 11 is 5.07. The molecule has 0 aliphatic rings. The highest BCUT2D eigenvalue weighted by Crippen LogP contribution is 2.19. The van der Waals surface area contributed by atoms with Gasteiger partial charge >= 0.3 is 4.21 Å².